The van der Waals surface area contributed by atoms with Gasteiger partial charge in [-0.05, 0) is 12.1 Å². The van der Waals surface area contributed by atoms with E-state index in [1.165, 1.54) is 0 Å². The minimum Gasteiger partial charge on any atom is -0.398 e. The normalized spacial score (nSPS) is 8.33. The van der Waals surface area contributed by atoms with Gasteiger partial charge in [-0.1, -0.05) is 12.1 Å². The third kappa shape index (κ3) is 4.88. The first-order valence-electron chi connectivity index (χ1n) is 4.08. The molecule has 0 fully saturated rings. The summed E-state index contributed by atoms with van der Waals surface area (Å²) < 4.78 is 0. The Balaban J connectivity index is 0. The molecule has 5 N–H and O–H groups in total. The number of rotatable bonds is 3. The molecule has 1 amide bonds. The second-order valence-electron chi connectivity index (χ2n) is 2.63. The van der Waals surface area contributed by atoms with Crippen LogP contribution in [0.4, 0.5) is 5.69 Å². The number of nitrogen functional groups attached to an aromatic ring is 1. The lowest BCUT2D eigenvalue weighted by Gasteiger charge is -2.05. The molecule has 0 bridgehead atoms. The average Bonchev–Trinajstić information content (AvgIpc) is 2.15. The summed E-state index contributed by atoms with van der Waals surface area (Å²) in [5.41, 5.74) is 11.8. The van der Waals surface area contributed by atoms with Crippen molar-refractivity contribution in [1.29, 1.82) is 0 Å². The molecule has 15 heavy (non-hydrogen) atoms. The molecule has 1 rings (SSSR count). The van der Waals surface area contributed by atoms with Crippen LogP contribution in [-0.4, -0.2) is 19.0 Å². The van der Waals surface area contributed by atoms with E-state index in [2.05, 4.69) is 5.32 Å². The van der Waals surface area contributed by atoms with Gasteiger partial charge in [-0.2, -0.15) is 0 Å². The summed E-state index contributed by atoms with van der Waals surface area (Å²) in [5, 5.41) is 2.65. The van der Waals surface area contributed by atoms with Crippen molar-refractivity contribution in [3.63, 3.8) is 0 Å². The Hall–Kier alpha value is -0.970. The van der Waals surface area contributed by atoms with E-state index in [0.717, 1.165) is 0 Å². The van der Waals surface area contributed by atoms with Crippen LogP contribution in [-0.2, 0) is 0 Å². The van der Waals surface area contributed by atoms with Gasteiger partial charge in [0.2, 0.25) is 0 Å². The lowest BCUT2D eigenvalue weighted by molar-refractivity contribution is 0.0955. The number of hydrogen-bond donors (Lipinski definition) is 3. The smallest absolute Gasteiger partial charge is 0.253 e. The van der Waals surface area contributed by atoms with Gasteiger partial charge in [0.1, 0.15) is 0 Å². The number of nitrogens with two attached hydrogens (primary N) is 2. The molecule has 1 aromatic rings. The van der Waals surface area contributed by atoms with Crippen molar-refractivity contribution in [2.24, 2.45) is 5.73 Å². The molecule has 0 saturated heterocycles. The lowest BCUT2D eigenvalue weighted by atomic mass is 10.2. The van der Waals surface area contributed by atoms with E-state index < -0.39 is 0 Å². The molecular formula is C9H15Cl2N3O. The molecule has 86 valence electrons. The molecule has 4 nitrogen and oxygen atoms in total. The van der Waals surface area contributed by atoms with Gasteiger partial charge >= 0.3 is 0 Å². The van der Waals surface area contributed by atoms with Gasteiger partial charge in [0.25, 0.3) is 5.91 Å². The number of nitrogens with one attached hydrogen (secondary N) is 1. The van der Waals surface area contributed by atoms with Crippen LogP contribution in [0.25, 0.3) is 0 Å². The number of para-hydroxylation sites is 1. The summed E-state index contributed by atoms with van der Waals surface area (Å²) in [6, 6.07) is 6.93. The van der Waals surface area contributed by atoms with Crippen LogP contribution in [0.3, 0.4) is 0 Å². The molecule has 0 saturated carbocycles. The number of carbonyl (C=O) groups excluding carboxylic acids is 1. The first kappa shape index (κ1) is 16.5. The zero-order valence-corrected chi connectivity index (χ0v) is 9.74. The van der Waals surface area contributed by atoms with E-state index in [-0.39, 0.29) is 30.7 Å². The fraction of sp³-hybridized carbons (Fsp3) is 0.222. The Morgan fingerprint density at radius 3 is 2.40 bits per heavy atom. The highest BCUT2D eigenvalue weighted by Crippen LogP contribution is 2.09. The first-order valence-corrected chi connectivity index (χ1v) is 4.08. The van der Waals surface area contributed by atoms with Crippen molar-refractivity contribution >= 4 is 36.4 Å². The molecule has 0 radical (unpaired) electrons. The van der Waals surface area contributed by atoms with Gasteiger partial charge in [0.15, 0.2) is 0 Å². The van der Waals surface area contributed by atoms with E-state index in [1.54, 1.807) is 24.3 Å². The maximum atomic E-state index is 11.4. The summed E-state index contributed by atoms with van der Waals surface area (Å²) in [4.78, 5) is 11.4. The van der Waals surface area contributed by atoms with Crippen LogP contribution in [0.5, 0.6) is 0 Å². The number of benzene rings is 1. The Kier molecular flexibility index (Phi) is 9.16. The zero-order chi connectivity index (χ0) is 9.68. The largest absolute Gasteiger partial charge is 0.398 e. The summed E-state index contributed by atoms with van der Waals surface area (Å²) in [5.74, 6) is -0.177. The summed E-state index contributed by atoms with van der Waals surface area (Å²) in [7, 11) is 0. The van der Waals surface area contributed by atoms with E-state index in [1.807, 2.05) is 0 Å². The second kappa shape index (κ2) is 8.35. The van der Waals surface area contributed by atoms with Crippen LogP contribution in [0.15, 0.2) is 24.3 Å². The standard InChI is InChI=1S/C9H13N3O.2ClH/c10-5-6-12-9(13)7-3-1-2-4-8(7)11;;/h1-4H,5-6,10-11H2,(H,12,13);2*1H. The van der Waals surface area contributed by atoms with Crippen LogP contribution in [0.1, 0.15) is 10.4 Å². The second-order valence-corrected chi connectivity index (χ2v) is 2.63. The predicted octanol–water partition coefficient (Wildman–Crippen LogP) is 0.801. The molecule has 6 heteroatoms. The Bertz CT molecular complexity index is 307. The number of carbonyl (C=O) groups is 1. The average molecular weight is 252 g/mol. The molecule has 0 aliphatic carbocycles. The summed E-state index contributed by atoms with van der Waals surface area (Å²) in [6.45, 7) is 0.894. The van der Waals surface area contributed by atoms with Crippen molar-refractivity contribution in [3.8, 4) is 0 Å². The maximum absolute atomic E-state index is 11.4. The van der Waals surface area contributed by atoms with Gasteiger partial charge in [0.05, 0.1) is 5.56 Å². The number of halogens is 2. The minimum absolute atomic E-state index is 0. The quantitative estimate of drug-likeness (QED) is 0.696. The SMILES string of the molecule is Cl.Cl.NCCNC(=O)c1ccccc1N. The summed E-state index contributed by atoms with van der Waals surface area (Å²) in [6.07, 6.45) is 0. The molecule has 1 aromatic carbocycles. The van der Waals surface area contributed by atoms with E-state index in [0.29, 0.717) is 24.3 Å². The highest BCUT2D eigenvalue weighted by molar-refractivity contribution is 5.99. The van der Waals surface area contributed by atoms with Crippen LogP contribution < -0.4 is 16.8 Å². The van der Waals surface area contributed by atoms with Crippen molar-refractivity contribution in [2.75, 3.05) is 18.8 Å². The van der Waals surface area contributed by atoms with Gasteiger partial charge in [-0.25, -0.2) is 0 Å². The Morgan fingerprint density at radius 1 is 1.27 bits per heavy atom. The maximum Gasteiger partial charge on any atom is 0.253 e. The molecule has 0 unspecified atom stereocenters. The zero-order valence-electron chi connectivity index (χ0n) is 8.10. The molecule has 0 spiro atoms. The van der Waals surface area contributed by atoms with E-state index >= 15 is 0 Å². The van der Waals surface area contributed by atoms with Crippen molar-refractivity contribution < 1.29 is 4.79 Å². The van der Waals surface area contributed by atoms with Crippen LogP contribution in [0, 0.1) is 0 Å². The van der Waals surface area contributed by atoms with Crippen LogP contribution >= 0.6 is 24.8 Å². The van der Waals surface area contributed by atoms with Gasteiger partial charge in [-0.3, -0.25) is 4.79 Å². The lowest BCUT2D eigenvalue weighted by Crippen LogP contribution is -2.29. The monoisotopic (exact) mass is 251 g/mol. The minimum atomic E-state index is -0.177. The molecule has 0 aliphatic rings. The summed E-state index contributed by atoms with van der Waals surface area (Å²) >= 11 is 0. The van der Waals surface area contributed by atoms with Crippen molar-refractivity contribution in [3.05, 3.63) is 29.8 Å². The molecule has 0 atom stereocenters. The first-order chi connectivity index (χ1) is 6.25. The van der Waals surface area contributed by atoms with E-state index in [9.17, 15) is 4.79 Å². The van der Waals surface area contributed by atoms with Crippen LogP contribution in [0.2, 0.25) is 0 Å². The van der Waals surface area contributed by atoms with Gasteiger partial charge < -0.3 is 16.8 Å². The molecule has 0 aromatic heterocycles. The third-order valence-electron chi connectivity index (χ3n) is 1.64. The fourth-order valence-electron chi connectivity index (χ4n) is 0.985. The molecular weight excluding hydrogens is 237 g/mol. The molecule has 0 heterocycles. The topological polar surface area (TPSA) is 81.1 Å². The van der Waals surface area contributed by atoms with E-state index in [4.69, 9.17) is 11.5 Å². The number of hydrogen-bond acceptors (Lipinski definition) is 3. The fourth-order valence-corrected chi connectivity index (χ4v) is 0.985. The van der Waals surface area contributed by atoms with Crippen molar-refractivity contribution in [2.45, 2.75) is 0 Å². The number of anilines is 1. The van der Waals surface area contributed by atoms with Gasteiger partial charge in [-0.15, -0.1) is 24.8 Å². The molecule has 0 aliphatic heterocycles. The highest BCUT2D eigenvalue weighted by Gasteiger charge is 2.06. The van der Waals surface area contributed by atoms with Gasteiger partial charge in [0, 0.05) is 18.8 Å². The predicted molar refractivity (Wildman–Crippen MR) is 66.7 cm³/mol. The highest BCUT2D eigenvalue weighted by atomic mass is 35.5. The third-order valence-corrected chi connectivity index (χ3v) is 1.64. The van der Waals surface area contributed by atoms with Crippen molar-refractivity contribution in [1.82, 2.24) is 5.32 Å². The number of amides is 1. The Labute approximate surface area is 101 Å². The Morgan fingerprint density at radius 2 is 1.87 bits per heavy atom.